The molecule has 1 heterocycles. The molecule has 0 aliphatic carbocycles. The van der Waals surface area contributed by atoms with Crippen molar-refractivity contribution in [1.82, 2.24) is 0 Å². The average molecular weight is 312 g/mol. The third kappa shape index (κ3) is 2.44. The number of carboxylic acid groups (broad SMARTS) is 1. The quantitative estimate of drug-likeness (QED) is 0.904. The highest BCUT2D eigenvalue weighted by atomic mass is 79.9. The zero-order valence-electron chi connectivity index (χ0n) is 9.22. The van der Waals surface area contributed by atoms with Crippen LogP contribution in [0.15, 0.2) is 38.1 Å². The number of nitrogens with two attached hydrogens (primary N) is 1. The zero-order chi connectivity index (χ0) is 13.3. The molecule has 0 fully saturated rings. The molecule has 0 saturated heterocycles. The van der Waals surface area contributed by atoms with E-state index in [1.54, 1.807) is 18.2 Å². The van der Waals surface area contributed by atoms with Gasteiger partial charge in [-0.05, 0) is 18.2 Å². The Morgan fingerprint density at radius 2 is 2.22 bits per heavy atom. The van der Waals surface area contributed by atoms with Gasteiger partial charge in [0.1, 0.15) is 5.58 Å². The first-order chi connectivity index (χ1) is 8.49. The number of rotatable bonds is 3. The van der Waals surface area contributed by atoms with Crippen molar-refractivity contribution in [3.63, 3.8) is 0 Å². The third-order valence-electron chi connectivity index (χ3n) is 2.56. The molecule has 1 aromatic carbocycles. The molecule has 0 aliphatic heterocycles. The third-order valence-corrected chi connectivity index (χ3v) is 3.05. The van der Waals surface area contributed by atoms with Crippen molar-refractivity contribution < 1.29 is 14.3 Å². The van der Waals surface area contributed by atoms with Crippen LogP contribution in [0.3, 0.4) is 0 Å². The molecule has 5 nitrogen and oxygen atoms in total. The lowest BCUT2D eigenvalue weighted by molar-refractivity contribution is -0.137. The van der Waals surface area contributed by atoms with Crippen LogP contribution < -0.4 is 11.2 Å². The Kier molecular flexibility index (Phi) is 3.49. The summed E-state index contributed by atoms with van der Waals surface area (Å²) in [7, 11) is 0. The van der Waals surface area contributed by atoms with Crippen molar-refractivity contribution in [2.45, 2.75) is 12.5 Å². The van der Waals surface area contributed by atoms with Crippen LogP contribution in [0.5, 0.6) is 0 Å². The molecule has 0 spiro atoms. The summed E-state index contributed by atoms with van der Waals surface area (Å²) in [6.45, 7) is 0. The van der Waals surface area contributed by atoms with Crippen molar-refractivity contribution in [3.8, 4) is 0 Å². The molecule has 94 valence electrons. The number of benzene rings is 1. The van der Waals surface area contributed by atoms with Crippen LogP contribution in [-0.2, 0) is 4.79 Å². The van der Waals surface area contributed by atoms with Crippen LogP contribution >= 0.6 is 15.9 Å². The predicted molar refractivity (Wildman–Crippen MR) is 69.4 cm³/mol. The van der Waals surface area contributed by atoms with E-state index in [-0.39, 0.29) is 17.4 Å². The minimum absolute atomic E-state index is 0.169. The summed E-state index contributed by atoms with van der Waals surface area (Å²) in [5, 5.41) is 9.05. The summed E-state index contributed by atoms with van der Waals surface area (Å²) in [6.07, 6.45) is 0.913. The first-order valence-corrected chi connectivity index (χ1v) is 5.96. The number of aliphatic carboxylic acids is 1. The Bertz CT molecular complexity index is 665. The number of carboxylic acids is 1. The normalized spacial score (nSPS) is 12.6. The number of hydrogen-bond donors (Lipinski definition) is 2. The smallest absolute Gasteiger partial charge is 0.305 e. The summed E-state index contributed by atoms with van der Waals surface area (Å²) in [5.74, 6) is -1.06. The molecular weight excluding hydrogens is 302 g/mol. The molecule has 0 amide bonds. The second-order valence-corrected chi connectivity index (χ2v) is 4.78. The van der Waals surface area contributed by atoms with Crippen molar-refractivity contribution in [2.24, 2.45) is 5.73 Å². The predicted octanol–water partition coefficient (Wildman–Crippen LogP) is 2.03. The van der Waals surface area contributed by atoms with E-state index in [2.05, 4.69) is 15.9 Å². The van der Waals surface area contributed by atoms with Crippen LogP contribution in [0.25, 0.3) is 11.0 Å². The molecule has 2 rings (SSSR count). The fourth-order valence-electron chi connectivity index (χ4n) is 1.67. The molecular formula is C12H10BrNO4. The first kappa shape index (κ1) is 12.8. The molecule has 0 radical (unpaired) electrons. The molecule has 18 heavy (non-hydrogen) atoms. The standard InChI is InChI=1S/C12H10BrNO4/c13-6-1-2-10-7(3-6)12(17)8(5-18-10)9(14)4-11(15)16/h1-3,5,9H,4,14H2,(H,15,16). The van der Waals surface area contributed by atoms with E-state index in [9.17, 15) is 9.59 Å². The molecule has 6 heteroatoms. The molecule has 0 aliphatic rings. The molecule has 3 N–H and O–H groups in total. The maximum atomic E-state index is 12.1. The maximum Gasteiger partial charge on any atom is 0.305 e. The topological polar surface area (TPSA) is 93.5 Å². The van der Waals surface area contributed by atoms with E-state index in [1.807, 2.05) is 0 Å². The largest absolute Gasteiger partial charge is 0.481 e. The fourth-order valence-corrected chi connectivity index (χ4v) is 2.03. The summed E-state index contributed by atoms with van der Waals surface area (Å²) in [5.41, 5.74) is 5.98. The van der Waals surface area contributed by atoms with E-state index in [0.29, 0.717) is 11.0 Å². The van der Waals surface area contributed by atoms with Crippen LogP contribution in [-0.4, -0.2) is 11.1 Å². The Hall–Kier alpha value is -1.66. The van der Waals surface area contributed by atoms with E-state index in [0.717, 1.165) is 4.47 Å². The van der Waals surface area contributed by atoms with Crippen molar-refractivity contribution in [2.75, 3.05) is 0 Å². The van der Waals surface area contributed by atoms with Gasteiger partial charge in [-0.1, -0.05) is 15.9 Å². The Labute approximate surface area is 110 Å². The van der Waals surface area contributed by atoms with Crippen LogP contribution in [0.2, 0.25) is 0 Å². The molecule has 0 bridgehead atoms. The monoisotopic (exact) mass is 311 g/mol. The number of halogens is 1. The van der Waals surface area contributed by atoms with Crippen LogP contribution in [0, 0.1) is 0 Å². The lowest BCUT2D eigenvalue weighted by Gasteiger charge is -2.08. The summed E-state index contributed by atoms with van der Waals surface area (Å²) >= 11 is 3.26. The SMILES string of the molecule is NC(CC(=O)O)c1coc2ccc(Br)cc2c1=O. The van der Waals surface area contributed by atoms with Crippen LogP contribution in [0.4, 0.5) is 0 Å². The van der Waals surface area contributed by atoms with Crippen molar-refractivity contribution in [1.29, 1.82) is 0 Å². The van der Waals surface area contributed by atoms with Gasteiger partial charge in [0.15, 0.2) is 5.43 Å². The molecule has 1 atom stereocenters. The van der Waals surface area contributed by atoms with E-state index in [1.165, 1.54) is 6.26 Å². The summed E-state index contributed by atoms with van der Waals surface area (Å²) in [4.78, 5) is 22.7. The van der Waals surface area contributed by atoms with Crippen molar-refractivity contribution in [3.05, 3.63) is 44.7 Å². The first-order valence-electron chi connectivity index (χ1n) is 5.17. The molecule has 2 aromatic rings. The van der Waals surface area contributed by atoms with Gasteiger partial charge in [0.25, 0.3) is 0 Å². The Morgan fingerprint density at radius 3 is 2.89 bits per heavy atom. The van der Waals surface area contributed by atoms with Gasteiger partial charge >= 0.3 is 5.97 Å². The summed E-state index contributed by atoms with van der Waals surface area (Å²) < 4.78 is 6.03. The van der Waals surface area contributed by atoms with Gasteiger partial charge in [0.2, 0.25) is 0 Å². The van der Waals surface area contributed by atoms with Gasteiger partial charge in [-0.2, -0.15) is 0 Å². The maximum absolute atomic E-state index is 12.1. The van der Waals surface area contributed by atoms with Gasteiger partial charge in [-0.3, -0.25) is 9.59 Å². The minimum Gasteiger partial charge on any atom is -0.481 e. The van der Waals surface area contributed by atoms with Gasteiger partial charge in [-0.15, -0.1) is 0 Å². The van der Waals surface area contributed by atoms with Gasteiger partial charge < -0.3 is 15.3 Å². The number of hydrogen-bond acceptors (Lipinski definition) is 4. The van der Waals surface area contributed by atoms with Gasteiger partial charge in [-0.25, -0.2) is 0 Å². The highest BCUT2D eigenvalue weighted by Gasteiger charge is 2.16. The Morgan fingerprint density at radius 1 is 1.50 bits per heavy atom. The molecule has 1 unspecified atom stereocenters. The second-order valence-electron chi connectivity index (χ2n) is 3.87. The second kappa shape index (κ2) is 4.91. The van der Waals surface area contributed by atoms with Crippen molar-refractivity contribution >= 4 is 32.9 Å². The average Bonchev–Trinajstić information content (AvgIpc) is 2.29. The van der Waals surface area contributed by atoms with Crippen LogP contribution in [0.1, 0.15) is 18.0 Å². The highest BCUT2D eigenvalue weighted by Crippen LogP contribution is 2.19. The number of fused-ring (bicyclic) bond motifs is 1. The van der Waals surface area contributed by atoms with E-state index < -0.39 is 12.0 Å². The minimum atomic E-state index is -1.06. The molecule has 1 aromatic heterocycles. The zero-order valence-corrected chi connectivity index (χ0v) is 10.8. The lowest BCUT2D eigenvalue weighted by atomic mass is 10.0. The number of carbonyl (C=O) groups is 1. The van der Waals surface area contributed by atoms with Gasteiger partial charge in [0.05, 0.1) is 23.6 Å². The van der Waals surface area contributed by atoms with Gasteiger partial charge in [0, 0.05) is 10.5 Å². The highest BCUT2D eigenvalue weighted by molar-refractivity contribution is 9.10. The van der Waals surface area contributed by atoms with E-state index in [4.69, 9.17) is 15.3 Å². The van der Waals surface area contributed by atoms with E-state index >= 15 is 0 Å². The molecule has 0 saturated carbocycles. The Balaban J connectivity index is 2.57. The summed E-state index contributed by atoms with van der Waals surface area (Å²) in [6, 6.07) is 4.16. The fraction of sp³-hybridized carbons (Fsp3) is 0.167. The lowest BCUT2D eigenvalue weighted by Crippen LogP contribution is -2.22.